The number of aromatic nitrogens is 1. The van der Waals surface area contributed by atoms with E-state index in [0.717, 1.165) is 30.0 Å². The van der Waals surface area contributed by atoms with Crippen molar-refractivity contribution in [3.05, 3.63) is 46.6 Å². The molecule has 0 bridgehead atoms. The third-order valence-corrected chi connectivity index (χ3v) is 7.62. The topological polar surface area (TPSA) is 130 Å². The molecular weight excluding hydrogens is 567 g/mol. The number of methoxy groups -OCH3 is 1. The van der Waals surface area contributed by atoms with Crippen molar-refractivity contribution < 1.29 is 44.8 Å². The molecule has 1 saturated carbocycles. The Hall–Kier alpha value is -2.81. The highest BCUT2D eigenvalue weighted by molar-refractivity contribution is 7.84. The highest BCUT2D eigenvalue weighted by Crippen LogP contribution is 2.37. The van der Waals surface area contributed by atoms with E-state index in [4.69, 9.17) is 31.5 Å². The number of alkyl halides is 3. The summed E-state index contributed by atoms with van der Waals surface area (Å²) in [5.74, 6) is -0.00437. The number of nitrogens with zero attached hydrogens (tertiary/aromatic N) is 2. The van der Waals surface area contributed by atoms with Gasteiger partial charge in [-0.2, -0.15) is 25.9 Å². The van der Waals surface area contributed by atoms with E-state index in [9.17, 15) is 26.4 Å². The summed E-state index contributed by atoms with van der Waals surface area (Å²) in [5, 5.41) is -0.410. The first kappa shape index (κ1) is 30.7. The monoisotopic (exact) mass is 595 g/mol. The summed E-state index contributed by atoms with van der Waals surface area (Å²) >= 11 is 6.04. The molecule has 1 aliphatic rings. The molecule has 1 aromatic heterocycles. The second kappa shape index (κ2) is 13.5. The molecule has 0 radical (unpaired) electrons. The second-order valence-corrected chi connectivity index (χ2v) is 10.7. The van der Waals surface area contributed by atoms with Gasteiger partial charge in [-0.15, -0.1) is 0 Å². The third-order valence-electron chi connectivity index (χ3n) is 5.97. The van der Waals surface area contributed by atoms with Crippen molar-refractivity contribution in [1.82, 2.24) is 9.29 Å². The van der Waals surface area contributed by atoms with E-state index in [-0.39, 0.29) is 37.0 Å². The Morgan fingerprint density at radius 3 is 2.44 bits per heavy atom. The van der Waals surface area contributed by atoms with Gasteiger partial charge in [0, 0.05) is 37.5 Å². The molecule has 216 valence electrons. The number of primary amides is 1. The summed E-state index contributed by atoms with van der Waals surface area (Å²) in [6.45, 7) is 0.165. The summed E-state index contributed by atoms with van der Waals surface area (Å²) < 4.78 is 87.2. The summed E-state index contributed by atoms with van der Waals surface area (Å²) in [6.07, 6.45) is -1.10. The van der Waals surface area contributed by atoms with Crippen molar-refractivity contribution in [2.75, 3.05) is 20.3 Å². The third kappa shape index (κ3) is 8.85. The van der Waals surface area contributed by atoms with E-state index in [1.165, 1.54) is 19.2 Å². The van der Waals surface area contributed by atoms with Gasteiger partial charge in [-0.25, -0.2) is 9.78 Å². The summed E-state index contributed by atoms with van der Waals surface area (Å²) in [5.41, 5.74) is 4.24. The lowest BCUT2D eigenvalue weighted by Crippen LogP contribution is -2.42. The van der Waals surface area contributed by atoms with Gasteiger partial charge in [0.2, 0.25) is 5.88 Å². The number of ether oxygens (including phenoxy) is 3. The molecule has 0 saturated heterocycles. The number of carbonyl (C=O) groups excluding carboxylic acids is 1. The van der Waals surface area contributed by atoms with Gasteiger partial charge in [-0.05, 0) is 25.0 Å². The van der Waals surface area contributed by atoms with Gasteiger partial charge in [0.25, 0.3) is 0 Å². The standard InChI is InChI=1S/C24H29ClF3N3O7S/c1-35-10-11-36-19-9-8-16(21(13-19)37-22-20(25)12-17(14-30-22)24(26,27)28)15-31(39(33,34)38-23(29)32)18-6-4-2-3-5-7-18/h8-9,12-14,18H,2-7,10-11,15H2,1H3,(H2,29,32). The first-order valence-electron chi connectivity index (χ1n) is 12.1. The fourth-order valence-corrected chi connectivity index (χ4v) is 5.49. The lowest BCUT2D eigenvalue weighted by atomic mass is 10.1. The Kier molecular flexibility index (Phi) is 10.6. The SMILES string of the molecule is COCCOc1ccc(CN(C2CCCCCC2)S(=O)(=O)OC(N)=O)c(Oc2ncc(C(F)(F)F)cc2Cl)c1. The van der Waals surface area contributed by atoms with Crippen LogP contribution in [0.1, 0.15) is 49.7 Å². The lowest BCUT2D eigenvalue weighted by Gasteiger charge is -2.29. The van der Waals surface area contributed by atoms with Crippen LogP contribution in [0.15, 0.2) is 30.5 Å². The molecule has 2 N–H and O–H groups in total. The smallest absolute Gasteiger partial charge is 0.421 e. The Balaban J connectivity index is 2.01. The molecule has 10 nitrogen and oxygen atoms in total. The van der Waals surface area contributed by atoms with Crippen LogP contribution in [0, 0.1) is 0 Å². The maximum Gasteiger partial charge on any atom is 0.421 e. The Labute approximate surface area is 229 Å². The number of halogens is 4. The number of benzene rings is 1. The number of hydrogen-bond donors (Lipinski definition) is 1. The Morgan fingerprint density at radius 2 is 1.85 bits per heavy atom. The van der Waals surface area contributed by atoms with Crippen LogP contribution in [-0.2, 0) is 31.9 Å². The van der Waals surface area contributed by atoms with Crippen LogP contribution >= 0.6 is 11.6 Å². The maximum atomic E-state index is 13.1. The van der Waals surface area contributed by atoms with Crippen molar-refractivity contribution in [2.45, 2.75) is 57.3 Å². The van der Waals surface area contributed by atoms with Crippen molar-refractivity contribution in [1.29, 1.82) is 0 Å². The lowest BCUT2D eigenvalue weighted by molar-refractivity contribution is -0.137. The normalized spacial score (nSPS) is 15.1. The van der Waals surface area contributed by atoms with E-state index in [1.807, 2.05) is 0 Å². The highest BCUT2D eigenvalue weighted by Gasteiger charge is 2.35. The number of hydrogen-bond acceptors (Lipinski definition) is 8. The zero-order valence-corrected chi connectivity index (χ0v) is 22.7. The fraction of sp³-hybridized carbons (Fsp3) is 0.500. The zero-order valence-electron chi connectivity index (χ0n) is 21.1. The van der Waals surface area contributed by atoms with Gasteiger partial charge in [0.1, 0.15) is 23.1 Å². The summed E-state index contributed by atoms with van der Waals surface area (Å²) in [7, 11) is -3.10. The van der Waals surface area contributed by atoms with Crippen LogP contribution in [0.25, 0.3) is 0 Å². The first-order chi connectivity index (χ1) is 18.4. The van der Waals surface area contributed by atoms with Gasteiger partial charge < -0.3 is 24.1 Å². The molecule has 1 aliphatic carbocycles. The molecule has 1 aromatic carbocycles. The average Bonchev–Trinajstić information content (AvgIpc) is 3.12. The molecule has 0 aliphatic heterocycles. The van der Waals surface area contributed by atoms with E-state index in [1.54, 1.807) is 6.07 Å². The van der Waals surface area contributed by atoms with Crippen molar-refractivity contribution in [2.24, 2.45) is 5.73 Å². The fourth-order valence-electron chi connectivity index (χ4n) is 4.11. The molecule has 3 rings (SSSR count). The number of carbonyl (C=O) groups is 1. The van der Waals surface area contributed by atoms with Crippen LogP contribution in [0.3, 0.4) is 0 Å². The van der Waals surface area contributed by atoms with E-state index < -0.39 is 39.2 Å². The molecule has 2 aromatic rings. The van der Waals surface area contributed by atoms with Gasteiger partial charge >= 0.3 is 22.6 Å². The van der Waals surface area contributed by atoms with Crippen molar-refractivity contribution >= 4 is 28.0 Å². The van der Waals surface area contributed by atoms with Crippen LogP contribution in [0.2, 0.25) is 5.02 Å². The van der Waals surface area contributed by atoms with Crippen molar-refractivity contribution in [3.63, 3.8) is 0 Å². The highest BCUT2D eigenvalue weighted by atomic mass is 35.5. The largest absolute Gasteiger partial charge is 0.491 e. The number of amides is 1. The van der Waals surface area contributed by atoms with Crippen LogP contribution in [0.5, 0.6) is 17.4 Å². The van der Waals surface area contributed by atoms with Crippen LogP contribution in [-0.4, -0.2) is 50.2 Å². The maximum absolute atomic E-state index is 13.1. The van der Waals surface area contributed by atoms with Gasteiger partial charge in [0.15, 0.2) is 0 Å². The number of pyridine rings is 1. The van der Waals surface area contributed by atoms with Gasteiger partial charge in [-0.1, -0.05) is 43.4 Å². The minimum Gasteiger partial charge on any atom is -0.491 e. The second-order valence-electron chi connectivity index (χ2n) is 8.77. The number of nitrogens with two attached hydrogens (primary N) is 1. The predicted molar refractivity (Wildman–Crippen MR) is 135 cm³/mol. The van der Waals surface area contributed by atoms with E-state index >= 15 is 0 Å². The Bertz CT molecular complexity index is 1240. The van der Waals surface area contributed by atoms with E-state index in [2.05, 4.69) is 9.17 Å². The minimum atomic E-state index is -4.66. The van der Waals surface area contributed by atoms with Crippen molar-refractivity contribution in [3.8, 4) is 17.4 Å². The molecule has 0 unspecified atom stereocenters. The molecule has 1 heterocycles. The number of rotatable bonds is 11. The average molecular weight is 596 g/mol. The summed E-state index contributed by atoms with van der Waals surface area (Å²) in [4.78, 5) is 15.1. The quantitative estimate of drug-likeness (QED) is 0.269. The Morgan fingerprint density at radius 1 is 1.15 bits per heavy atom. The minimum absolute atomic E-state index is 0.0203. The summed E-state index contributed by atoms with van der Waals surface area (Å²) in [6, 6.07) is 4.69. The first-order valence-corrected chi connectivity index (χ1v) is 13.8. The molecule has 39 heavy (non-hydrogen) atoms. The van der Waals surface area contributed by atoms with E-state index in [0.29, 0.717) is 30.9 Å². The molecule has 15 heteroatoms. The molecule has 1 fully saturated rings. The molecule has 0 spiro atoms. The molecule has 0 atom stereocenters. The van der Waals surface area contributed by atoms with Crippen LogP contribution < -0.4 is 15.2 Å². The zero-order chi connectivity index (χ0) is 28.6. The molecular formula is C24H29ClF3N3O7S. The van der Waals surface area contributed by atoms with Crippen LogP contribution in [0.4, 0.5) is 18.0 Å². The van der Waals surface area contributed by atoms with Gasteiger partial charge in [0.05, 0.1) is 12.2 Å². The van der Waals surface area contributed by atoms with Gasteiger partial charge in [-0.3, -0.25) is 0 Å². The predicted octanol–water partition coefficient (Wildman–Crippen LogP) is 5.44. The molecule has 1 amide bonds.